The SMILES string of the molecule is Cc1cc(F)ccc1S(=O)(=O)Nc1ccc(C(=O)OCC(=O)C23CC4CC(CC(C4)C2)C3)cc1. The zero-order chi connectivity index (χ0) is 24.1. The first kappa shape index (κ1) is 23.0. The van der Waals surface area contributed by atoms with E-state index >= 15 is 0 Å². The molecule has 8 heteroatoms. The summed E-state index contributed by atoms with van der Waals surface area (Å²) in [5, 5.41) is 0. The van der Waals surface area contributed by atoms with E-state index in [0.29, 0.717) is 17.8 Å². The Bertz CT molecular complexity index is 1200. The van der Waals surface area contributed by atoms with Crippen LogP contribution in [0.5, 0.6) is 0 Å². The van der Waals surface area contributed by atoms with Gasteiger partial charge in [-0.05, 0) is 111 Å². The minimum absolute atomic E-state index is 0.0272. The predicted octanol–water partition coefficient (Wildman–Crippen LogP) is 4.88. The van der Waals surface area contributed by atoms with Gasteiger partial charge in [-0.15, -0.1) is 0 Å². The van der Waals surface area contributed by atoms with E-state index in [9.17, 15) is 22.4 Å². The molecule has 1 N–H and O–H groups in total. The van der Waals surface area contributed by atoms with Crippen LogP contribution in [0.15, 0.2) is 47.4 Å². The largest absolute Gasteiger partial charge is 0.454 e. The minimum Gasteiger partial charge on any atom is -0.454 e. The number of rotatable bonds is 7. The maximum Gasteiger partial charge on any atom is 0.338 e. The summed E-state index contributed by atoms with van der Waals surface area (Å²) in [5.74, 6) is 0.838. The lowest BCUT2D eigenvalue weighted by molar-refractivity contribution is -0.147. The first-order chi connectivity index (χ1) is 16.1. The van der Waals surface area contributed by atoms with Crippen molar-refractivity contribution in [1.29, 1.82) is 0 Å². The summed E-state index contributed by atoms with van der Waals surface area (Å²) in [5.41, 5.74) is 0.468. The zero-order valence-corrected chi connectivity index (χ0v) is 19.9. The molecule has 0 spiro atoms. The lowest BCUT2D eigenvalue weighted by atomic mass is 9.48. The van der Waals surface area contributed by atoms with Crippen LogP contribution in [-0.2, 0) is 19.6 Å². The molecule has 0 atom stereocenters. The van der Waals surface area contributed by atoms with Crippen LogP contribution in [0.2, 0.25) is 0 Å². The molecule has 4 saturated carbocycles. The monoisotopic (exact) mass is 485 g/mol. The number of hydrogen-bond acceptors (Lipinski definition) is 5. The molecule has 0 unspecified atom stereocenters. The van der Waals surface area contributed by atoms with Gasteiger partial charge in [0.15, 0.2) is 12.4 Å². The number of sulfonamides is 1. The molecule has 2 aromatic carbocycles. The van der Waals surface area contributed by atoms with Crippen molar-refractivity contribution in [3.05, 3.63) is 59.4 Å². The standard InChI is InChI=1S/C26H28FNO5S/c1-16-8-21(27)4-7-23(16)34(31,32)28-22-5-2-20(3-6-22)25(30)33-15-24(29)26-12-17-9-18(13-26)11-19(10-17)14-26/h2-8,17-19,28H,9-15H2,1H3. The van der Waals surface area contributed by atoms with Crippen LogP contribution in [0, 0.1) is 35.9 Å². The summed E-state index contributed by atoms with van der Waals surface area (Å²) in [7, 11) is -3.92. The number of carbonyl (C=O) groups is 2. The molecule has 0 radical (unpaired) electrons. The van der Waals surface area contributed by atoms with Gasteiger partial charge in [0.1, 0.15) is 5.82 Å². The average Bonchev–Trinajstić information content (AvgIpc) is 2.76. The first-order valence-electron chi connectivity index (χ1n) is 11.7. The molecular formula is C26H28FNO5S. The Morgan fingerprint density at radius 3 is 2.15 bits per heavy atom. The van der Waals surface area contributed by atoms with E-state index in [-0.39, 0.29) is 39.5 Å². The second-order valence-electron chi connectivity index (χ2n) is 10.3. The van der Waals surface area contributed by atoms with Crippen LogP contribution in [0.3, 0.4) is 0 Å². The van der Waals surface area contributed by atoms with E-state index in [4.69, 9.17) is 4.74 Å². The highest BCUT2D eigenvalue weighted by Gasteiger charge is 2.54. The number of benzene rings is 2. The number of aryl methyl sites for hydroxylation is 1. The van der Waals surface area contributed by atoms with Crippen molar-refractivity contribution in [2.24, 2.45) is 23.2 Å². The summed E-state index contributed by atoms with van der Waals surface area (Å²) in [6, 6.07) is 9.25. The lowest BCUT2D eigenvalue weighted by Gasteiger charge is -2.55. The summed E-state index contributed by atoms with van der Waals surface area (Å²) in [4.78, 5) is 25.5. The number of esters is 1. The number of nitrogens with one attached hydrogen (secondary N) is 1. The molecule has 4 aliphatic rings. The number of halogens is 1. The highest BCUT2D eigenvalue weighted by atomic mass is 32.2. The Labute approximate surface area is 198 Å². The third-order valence-electron chi connectivity index (χ3n) is 7.76. The summed E-state index contributed by atoms with van der Waals surface area (Å²) in [6.07, 6.45) is 6.50. The highest BCUT2D eigenvalue weighted by molar-refractivity contribution is 7.92. The van der Waals surface area contributed by atoms with Gasteiger partial charge in [-0.2, -0.15) is 0 Å². The normalized spacial score (nSPS) is 27.4. The highest BCUT2D eigenvalue weighted by Crippen LogP contribution is 2.60. The van der Waals surface area contributed by atoms with Gasteiger partial charge in [-0.25, -0.2) is 17.6 Å². The molecule has 4 bridgehead atoms. The van der Waals surface area contributed by atoms with Crippen molar-refractivity contribution in [3.63, 3.8) is 0 Å². The van der Waals surface area contributed by atoms with Gasteiger partial charge in [0, 0.05) is 11.1 Å². The smallest absolute Gasteiger partial charge is 0.338 e. The lowest BCUT2D eigenvalue weighted by Crippen LogP contribution is -2.51. The summed E-state index contributed by atoms with van der Waals surface area (Å²) >= 11 is 0. The van der Waals surface area contributed by atoms with Gasteiger partial charge in [-0.1, -0.05) is 0 Å². The number of ether oxygens (including phenoxy) is 1. The van der Waals surface area contributed by atoms with Crippen molar-refractivity contribution >= 4 is 27.5 Å². The van der Waals surface area contributed by atoms with Crippen LogP contribution < -0.4 is 4.72 Å². The second kappa shape index (κ2) is 8.48. The Balaban J connectivity index is 1.20. The molecule has 34 heavy (non-hydrogen) atoms. The Morgan fingerprint density at radius 2 is 1.59 bits per heavy atom. The first-order valence-corrected chi connectivity index (χ1v) is 13.2. The molecule has 6 nitrogen and oxygen atoms in total. The number of ketones is 1. The molecule has 0 heterocycles. The number of Topliss-reactive ketones (excluding diaryl/α,β-unsaturated/α-hetero) is 1. The van der Waals surface area contributed by atoms with Crippen LogP contribution in [0.25, 0.3) is 0 Å². The van der Waals surface area contributed by atoms with E-state index in [1.54, 1.807) is 0 Å². The fourth-order valence-electron chi connectivity index (χ4n) is 6.62. The maximum atomic E-state index is 13.3. The Morgan fingerprint density at radius 1 is 1.00 bits per heavy atom. The second-order valence-corrected chi connectivity index (χ2v) is 11.9. The maximum absolute atomic E-state index is 13.3. The average molecular weight is 486 g/mol. The molecule has 0 saturated heterocycles. The molecule has 4 aliphatic carbocycles. The van der Waals surface area contributed by atoms with Gasteiger partial charge in [-0.3, -0.25) is 9.52 Å². The van der Waals surface area contributed by atoms with Crippen LogP contribution >= 0.6 is 0 Å². The molecule has 2 aromatic rings. The molecular weight excluding hydrogens is 457 g/mol. The van der Waals surface area contributed by atoms with Crippen molar-refractivity contribution in [2.75, 3.05) is 11.3 Å². The number of anilines is 1. The van der Waals surface area contributed by atoms with Gasteiger partial charge in [0.2, 0.25) is 0 Å². The molecule has 0 amide bonds. The summed E-state index contributed by atoms with van der Waals surface area (Å²) in [6.45, 7) is 1.30. The van der Waals surface area contributed by atoms with Crippen LogP contribution in [-0.4, -0.2) is 26.8 Å². The van der Waals surface area contributed by atoms with Crippen molar-refractivity contribution in [3.8, 4) is 0 Å². The van der Waals surface area contributed by atoms with E-state index < -0.39 is 21.8 Å². The molecule has 0 aromatic heterocycles. The fourth-order valence-corrected chi connectivity index (χ4v) is 7.90. The van der Waals surface area contributed by atoms with Crippen LogP contribution in [0.4, 0.5) is 10.1 Å². The van der Waals surface area contributed by atoms with Crippen molar-refractivity contribution < 1.29 is 27.1 Å². The third kappa shape index (κ3) is 4.35. The third-order valence-corrected chi connectivity index (χ3v) is 9.30. The van der Waals surface area contributed by atoms with Crippen molar-refractivity contribution in [1.82, 2.24) is 0 Å². The quantitative estimate of drug-likeness (QED) is 0.565. The van der Waals surface area contributed by atoms with Gasteiger partial charge >= 0.3 is 5.97 Å². The topological polar surface area (TPSA) is 89.5 Å². The van der Waals surface area contributed by atoms with E-state index in [1.165, 1.54) is 56.5 Å². The summed E-state index contributed by atoms with van der Waals surface area (Å²) < 4.78 is 46.3. The van der Waals surface area contributed by atoms with Gasteiger partial charge in [0.25, 0.3) is 10.0 Å². The van der Waals surface area contributed by atoms with E-state index in [0.717, 1.165) is 31.4 Å². The van der Waals surface area contributed by atoms with Crippen molar-refractivity contribution in [2.45, 2.75) is 50.3 Å². The number of carbonyl (C=O) groups excluding carboxylic acids is 2. The molecule has 0 aliphatic heterocycles. The predicted molar refractivity (Wildman–Crippen MR) is 124 cm³/mol. The van der Waals surface area contributed by atoms with Gasteiger partial charge < -0.3 is 4.74 Å². The Hall–Kier alpha value is -2.74. The minimum atomic E-state index is -3.92. The van der Waals surface area contributed by atoms with Gasteiger partial charge in [0.05, 0.1) is 10.5 Å². The molecule has 4 fully saturated rings. The van der Waals surface area contributed by atoms with E-state index in [1.807, 2.05) is 0 Å². The number of hydrogen-bond donors (Lipinski definition) is 1. The van der Waals surface area contributed by atoms with E-state index in [2.05, 4.69) is 4.72 Å². The van der Waals surface area contributed by atoms with Crippen LogP contribution in [0.1, 0.15) is 54.4 Å². The fraction of sp³-hybridized carbons (Fsp3) is 0.462. The molecule has 6 rings (SSSR count). The molecule has 180 valence electrons. The Kier molecular flexibility index (Phi) is 5.74. The zero-order valence-electron chi connectivity index (χ0n) is 19.1.